The SMILES string of the molecule is COC[CH]c1cc(F)ccc1F. The van der Waals surface area contributed by atoms with Gasteiger partial charge in [0.05, 0.1) is 6.61 Å². The summed E-state index contributed by atoms with van der Waals surface area (Å²) >= 11 is 0. The molecule has 12 heavy (non-hydrogen) atoms. The highest BCUT2D eigenvalue weighted by Gasteiger charge is 2.02. The molecular weight excluding hydrogens is 162 g/mol. The van der Waals surface area contributed by atoms with E-state index in [9.17, 15) is 8.78 Å². The lowest BCUT2D eigenvalue weighted by Gasteiger charge is -2.01. The van der Waals surface area contributed by atoms with Gasteiger partial charge < -0.3 is 4.74 Å². The molecule has 3 heteroatoms. The van der Waals surface area contributed by atoms with Crippen LogP contribution in [0.25, 0.3) is 0 Å². The third-order valence-corrected chi connectivity index (χ3v) is 1.43. The van der Waals surface area contributed by atoms with Gasteiger partial charge in [-0.1, -0.05) is 0 Å². The van der Waals surface area contributed by atoms with E-state index >= 15 is 0 Å². The van der Waals surface area contributed by atoms with Crippen LogP contribution in [0.4, 0.5) is 8.78 Å². The maximum absolute atomic E-state index is 12.8. The van der Waals surface area contributed by atoms with Crippen LogP contribution in [0.3, 0.4) is 0 Å². The van der Waals surface area contributed by atoms with Crippen LogP contribution in [0.1, 0.15) is 5.56 Å². The highest BCUT2D eigenvalue weighted by molar-refractivity contribution is 5.25. The van der Waals surface area contributed by atoms with Gasteiger partial charge in [0, 0.05) is 13.5 Å². The van der Waals surface area contributed by atoms with Gasteiger partial charge in [-0.3, -0.25) is 0 Å². The zero-order valence-corrected chi connectivity index (χ0v) is 6.68. The second-order valence-corrected chi connectivity index (χ2v) is 2.33. The molecule has 0 N–H and O–H groups in total. The molecule has 0 unspecified atom stereocenters. The standard InChI is InChI=1S/C9H9F2O/c1-12-5-4-7-6-8(10)2-3-9(7)11/h2-4,6H,5H2,1H3. The highest BCUT2D eigenvalue weighted by atomic mass is 19.1. The minimum absolute atomic E-state index is 0.233. The lowest BCUT2D eigenvalue weighted by molar-refractivity contribution is 0.225. The molecule has 0 spiro atoms. The van der Waals surface area contributed by atoms with E-state index in [1.165, 1.54) is 13.5 Å². The summed E-state index contributed by atoms with van der Waals surface area (Å²) in [5.74, 6) is -0.882. The summed E-state index contributed by atoms with van der Waals surface area (Å²) in [6, 6.07) is 3.31. The van der Waals surface area contributed by atoms with E-state index in [4.69, 9.17) is 4.74 Å². The molecule has 1 aromatic carbocycles. The van der Waals surface area contributed by atoms with Gasteiger partial charge in [0.25, 0.3) is 0 Å². The van der Waals surface area contributed by atoms with E-state index in [1.807, 2.05) is 0 Å². The quantitative estimate of drug-likeness (QED) is 0.677. The highest BCUT2D eigenvalue weighted by Crippen LogP contribution is 2.11. The molecule has 0 saturated carbocycles. The lowest BCUT2D eigenvalue weighted by atomic mass is 10.1. The average molecular weight is 171 g/mol. The Labute approximate surface area is 70.0 Å². The first kappa shape index (κ1) is 9.13. The van der Waals surface area contributed by atoms with E-state index in [0.29, 0.717) is 0 Å². The molecular formula is C9H9F2O. The summed E-state index contributed by atoms with van der Waals surface area (Å²) in [4.78, 5) is 0. The largest absolute Gasteiger partial charge is 0.384 e. The van der Waals surface area contributed by atoms with E-state index in [1.54, 1.807) is 0 Å². The van der Waals surface area contributed by atoms with Gasteiger partial charge in [0.15, 0.2) is 0 Å². The summed E-state index contributed by atoms with van der Waals surface area (Å²) in [6.45, 7) is 0.278. The summed E-state index contributed by atoms with van der Waals surface area (Å²) in [5, 5.41) is 0. The van der Waals surface area contributed by atoms with Gasteiger partial charge in [0.2, 0.25) is 0 Å². The molecule has 0 bridgehead atoms. The maximum atomic E-state index is 12.8. The Morgan fingerprint density at radius 2 is 2.17 bits per heavy atom. The molecule has 1 rings (SSSR count). The van der Waals surface area contributed by atoms with Crippen molar-refractivity contribution in [3.8, 4) is 0 Å². The van der Waals surface area contributed by atoms with Crippen molar-refractivity contribution >= 4 is 0 Å². The third kappa shape index (κ3) is 2.27. The zero-order chi connectivity index (χ0) is 8.97. The molecule has 0 aliphatic heterocycles. The molecule has 0 aromatic heterocycles. The molecule has 0 heterocycles. The molecule has 0 atom stereocenters. The second-order valence-electron chi connectivity index (χ2n) is 2.33. The lowest BCUT2D eigenvalue weighted by Crippen LogP contribution is -1.95. The maximum Gasteiger partial charge on any atom is 0.126 e. The van der Waals surface area contributed by atoms with Crippen LogP contribution in [0, 0.1) is 18.1 Å². The molecule has 1 nitrogen and oxygen atoms in total. The molecule has 0 aliphatic rings. The fourth-order valence-corrected chi connectivity index (χ4v) is 0.844. The van der Waals surface area contributed by atoms with Crippen molar-refractivity contribution in [2.24, 2.45) is 0 Å². The van der Waals surface area contributed by atoms with Crippen LogP contribution in [-0.4, -0.2) is 13.7 Å². The van der Waals surface area contributed by atoms with Crippen molar-refractivity contribution in [1.29, 1.82) is 0 Å². The van der Waals surface area contributed by atoms with Gasteiger partial charge in [-0.2, -0.15) is 0 Å². The number of halogens is 2. The Bertz CT molecular complexity index is 261. The number of hydrogen-bond acceptors (Lipinski definition) is 1. The Kier molecular flexibility index (Phi) is 3.17. The van der Waals surface area contributed by atoms with Gasteiger partial charge >= 0.3 is 0 Å². The number of rotatable bonds is 3. The Balaban J connectivity index is 2.75. The first-order valence-electron chi connectivity index (χ1n) is 3.51. The number of hydrogen-bond donors (Lipinski definition) is 0. The first-order valence-corrected chi connectivity index (χ1v) is 3.51. The second kappa shape index (κ2) is 4.16. The van der Waals surface area contributed by atoms with Crippen molar-refractivity contribution in [2.45, 2.75) is 0 Å². The van der Waals surface area contributed by atoms with Crippen LogP contribution in [0.5, 0.6) is 0 Å². The van der Waals surface area contributed by atoms with Crippen LogP contribution in [0.15, 0.2) is 18.2 Å². The fourth-order valence-electron chi connectivity index (χ4n) is 0.844. The monoisotopic (exact) mass is 171 g/mol. The topological polar surface area (TPSA) is 9.23 Å². The molecule has 0 aliphatic carbocycles. The van der Waals surface area contributed by atoms with Gasteiger partial charge in [0.1, 0.15) is 11.6 Å². The molecule has 1 aromatic rings. The Morgan fingerprint density at radius 3 is 2.83 bits per heavy atom. The molecule has 0 saturated heterocycles. The van der Waals surface area contributed by atoms with E-state index in [-0.39, 0.29) is 12.2 Å². The smallest absolute Gasteiger partial charge is 0.126 e. The van der Waals surface area contributed by atoms with Crippen molar-refractivity contribution < 1.29 is 13.5 Å². The van der Waals surface area contributed by atoms with Crippen molar-refractivity contribution in [2.75, 3.05) is 13.7 Å². The third-order valence-electron chi connectivity index (χ3n) is 1.43. The summed E-state index contributed by atoms with van der Waals surface area (Å²) in [7, 11) is 1.49. The van der Waals surface area contributed by atoms with Crippen LogP contribution >= 0.6 is 0 Å². The minimum atomic E-state index is -0.446. The van der Waals surface area contributed by atoms with Gasteiger partial charge in [-0.25, -0.2) is 8.78 Å². The van der Waals surface area contributed by atoms with Gasteiger partial charge in [-0.15, -0.1) is 0 Å². The fraction of sp³-hybridized carbons (Fsp3) is 0.222. The van der Waals surface area contributed by atoms with E-state index < -0.39 is 11.6 Å². The normalized spacial score (nSPS) is 10.2. The Morgan fingerprint density at radius 1 is 1.42 bits per heavy atom. The molecule has 65 valence electrons. The number of methoxy groups -OCH3 is 1. The van der Waals surface area contributed by atoms with E-state index in [0.717, 1.165) is 18.2 Å². The summed E-state index contributed by atoms with van der Waals surface area (Å²) in [5.41, 5.74) is 0.233. The Hall–Kier alpha value is -0.960. The van der Waals surface area contributed by atoms with Crippen LogP contribution in [-0.2, 0) is 4.74 Å². The summed E-state index contributed by atoms with van der Waals surface area (Å²) in [6.07, 6.45) is 1.48. The molecule has 1 radical (unpaired) electrons. The number of benzene rings is 1. The predicted molar refractivity (Wildman–Crippen MR) is 41.6 cm³/mol. The summed E-state index contributed by atoms with van der Waals surface area (Å²) < 4.78 is 30.1. The minimum Gasteiger partial charge on any atom is -0.384 e. The van der Waals surface area contributed by atoms with Crippen molar-refractivity contribution in [3.63, 3.8) is 0 Å². The van der Waals surface area contributed by atoms with Gasteiger partial charge in [-0.05, 0) is 23.8 Å². The van der Waals surface area contributed by atoms with Crippen molar-refractivity contribution in [3.05, 3.63) is 41.8 Å². The zero-order valence-electron chi connectivity index (χ0n) is 6.68. The predicted octanol–water partition coefficient (Wildman–Crippen LogP) is 2.16. The molecule has 0 fully saturated rings. The van der Waals surface area contributed by atoms with E-state index in [2.05, 4.69) is 0 Å². The average Bonchev–Trinajstić information content (AvgIpc) is 2.07. The van der Waals surface area contributed by atoms with Crippen LogP contribution in [0.2, 0.25) is 0 Å². The van der Waals surface area contributed by atoms with Crippen molar-refractivity contribution in [1.82, 2.24) is 0 Å². The number of ether oxygens (including phenoxy) is 1. The first-order chi connectivity index (χ1) is 5.74. The van der Waals surface area contributed by atoms with Crippen LogP contribution < -0.4 is 0 Å². The molecule has 0 amide bonds.